The largest absolute Gasteiger partial charge is 0.492 e. The van der Waals surface area contributed by atoms with Crippen molar-refractivity contribution in [1.82, 2.24) is 9.62 Å². The fourth-order valence-corrected chi connectivity index (χ4v) is 4.29. The smallest absolute Gasteiger partial charge is 0.337 e. The minimum atomic E-state index is -3.76. The number of hydrogen-bond donors (Lipinski definition) is 1. The van der Waals surface area contributed by atoms with E-state index in [1.165, 1.54) is 25.3 Å². The van der Waals surface area contributed by atoms with Crippen molar-refractivity contribution in [2.45, 2.75) is 32.2 Å². The van der Waals surface area contributed by atoms with Crippen LogP contribution < -0.4 is 9.46 Å². The summed E-state index contributed by atoms with van der Waals surface area (Å²) in [6.45, 7) is 9.19. The highest BCUT2D eigenvalue weighted by Gasteiger charge is 2.19. The second-order valence-electron chi connectivity index (χ2n) is 6.78. The van der Waals surface area contributed by atoms with E-state index < -0.39 is 16.0 Å². The van der Waals surface area contributed by atoms with Crippen molar-refractivity contribution in [3.05, 3.63) is 59.2 Å². The minimum Gasteiger partial charge on any atom is -0.492 e. The molecule has 2 aromatic rings. The molecule has 0 radical (unpaired) electrons. The molecule has 0 aliphatic heterocycles. The predicted molar refractivity (Wildman–Crippen MR) is 116 cm³/mol. The van der Waals surface area contributed by atoms with Crippen LogP contribution in [0.15, 0.2) is 47.4 Å². The lowest BCUT2D eigenvalue weighted by Gasteiger charge is -2.19. The van der Waals surface area contributed by atoms with Crippen molar-refractivity contribution in [1.29, 1.82) is 0 Å². The lowest BCUT2D eigenvalue weighted by molar-refractivity contribution is 0.0600. The number of nitrogens with one attached hydrogen (secondary N) is 1. The van der Waals surface area contributed by atoms with Crippen molar-refractivity contribution in [2.24, 2.45) is 0 Å². The molecule has 30 heavy (non-hydrogen) atoms. The Bertz CT molecular complexity index is 956. The van der Waals surface area contributed by atoms with Crippen molar-refractivity contribution < 1.29 is 22.7 Å². The molecular formula is C22H30N2O5S. The van der Waals surface area contributed by atoms with Gasteiger partial charge in [0.05, 0.1) is 17.6 Å². The lowest BCUT2D eigenvalue weighted by Crippen LogP contribution is -2.28. The van der Waals surface area contributed by atoms with Crippen LogP contribution in [-0.2, 0) is 21.3 Å². The summed E-state index contributed by atoms with van der Waals surface area (Å²) in [6, 6.07) is 11.7. The number of esters is 1. The number of para-hydroxylation sites is 1. The molecule has 1 N–H and O–H groups in total. The van der Waals surface area contributed by atoms with Gasteiger partial charge in [-0.15, -0.1) is 0 Å². The van der Waals surface area contributed by atoms with Gasteiger partial charge in [-0.25, -0.2) is 17.9 Å². The Morgan fingerprint density at radius 2 is 1.80 bits per heavy atom. The molecule has 0 fully saturated rings. The monoisotopic (exact) mass is 434 g/mol. The molecule has 0 aliphatic carbocycles. The number of methoxy groups -OCH3 is 1. The summed E-state index contributed by atoms with van der Waals surface area (Å²) in [7, 11) is -2.48. The summed E-state index contributed by atoms with van der Waals surface area (Å²) in [4.78, 5) is 14.0. The van der Waals surface area contributed by atoms with Crippen LogP contribution in [-0.4, -0.2) is 52.6 Å². The van der Waals surface area contributed by atoms with Crippen molar-refractivity contribution in [3.63, 3.8) is 0 Å². The van der Waals surface area contributed by atoms with Gasteiger partial charge in [0.15, 0.2) is 0 Å². The number of carbonyl (C=O) groups excluding carboxylic acids is 1. The maximum absolute atomic E-state index is 12.8. The molecule has 0 spiro atoms. The van der Waals surface area contributed by atoms with E-state index in [0.29, 0.717) is 23.5 Å². The third-order valence-electron chi connectivity index (χ3n) is 4.87. The Hall–Kier alpha value is -2.42. The Balaban J connectivity index is 2.08. The molecule has 0 amide bonds. The van der Waals surface area contributed by atoms with Gasteiger partial charge < -0.3 is 14.4 Å². The van der Waals surface area contributed by atoms with Gasteiger partial charge in [-0.1, -0.05) is 32.0 Å². The Morgan fingerprint density at radius 1 is 1.10 bits per heavy atom. The molecule has 2 aromatic carbocycles. The van der Waals surface area contributed by atoms with Crippen LogP contribution in [0.2, 0.25) is 0 Å². The van der Waals surface area contributed by atoms with Crippen molar-refractivity contribution >= 4 is 16.0 Å². The first-order valence-electron chi connectivity index (χ1n) is 9.94. The van der Waals surface area contributed by atoms with E-state index >= 15 is 0 Å². The number of hydrogen-bond acceptors (Lipinski definition) is 6. The molecule has 0 aromatic heterocycles. The number of benzene rings is 2. The summed E-state index contributed by atoms with van der Waals surface area (Å²) in [5.41, 5.74) is 1.53. The highest BCUT2D eigenvalue weighted by atomic mass is 32.2. The molecule has 7 nitrogen and oxygen atoms in total. The lowest BCUT2D eigenvalue weighted by atomic mass is 10.1. The summed E-state index contributed by atoms with van der Waals surface area (Å²) in [5.74, 6) is 0.149. The fourth-order valence-electron chi connectivity index (χ4n) is 3.06. The summed E-state index contributed by atoms with van der Waals surface area (Å²) in [5, 5.41) is 0. The number of likely N-dealkylation sites (N-methyl/N-ethyl adjacent to an activating group) is 1. The molecule has 2 rings (SSSR count). The standard InChI is InChI=1S/C22H30N2O5S/c1-5-24(6-2)13-14-29-20-10-8-7-9-19(20)16-23-30(26,27)21-12-11-18(15-17(21)3)22(25)28-4/h7-12,15,23H,5-6,13-14,16H2,1-4H3. The van der Waals surface area contributed by atoms with E-state index in [2.05, 4.69) is 28.2 Å². The normalized spacial score (nSPS) is 11.5. The molecule has 0 bridgehead atoms. The highest BCUT2D eigenvalue weighted by Crippen LogP contribution is 2.21. The molecule has 164 valence electrons. The maximum Gasteiger partial charge on any atom is 0.337 e. The van der Waals surface area contributed by atoms with E-state index in [4.69, 9.17) is 4.74 Å². The first-order valence-corrected chi connectivity index (χ1v) is 11.4. The number of rotatable bonds is 11. The SMILES string of the molecule is CCN(CC)CCOc1ccccc1CNS(=O)(=O)c1ccc(C(=O)OC)cc1C. The second-order valence-corrected chi connectivity index (χ2v) is 8.51. The zero-order valence-corrected chi connectivity index (χ0v) is 18.8. The molecule has 8 heteroatoms. The third kappa shape index (κ3) is 6.29. The molecule has 0 atom stereocenters. The maximum atomic E-state index is 12.8. The van der Waals surface area contributed by atoms with Gasteiger partial charge in [-0.3, -0.25) is 0 Å². The first kappa shape index (κ1) is 23.9. The van der Waals surface area contributed by atoms with Crippen LogP contribution in [0.25, 0.3) is 0 Å². The van der Waals surface area contributed by atoms with Gasteiger partial charge in [0, 0.05) is 18.7 Å². The fraction of sp³-hybridized carbons (Fsp3) is 0.409. The molecule has 0 heterocycles. The second kappa shape index (κ2) is 11.1. The number of carbonyl (C=O) groups is 1. The Labute approximate surface area is 179 Å². The van der Waals surface area contributed by atoms with Crippen LogP contribution in [0.4, 0.5) is 0 Å². The molecule has 0 saturated carbocycles. The average Bonchev–Trinajstić information content (AvgIpc) is 2.75. The van der Waals surface area contributed by atoms with Gasteiger partial charge >= 0.3 is 5.97 Å². The van der Waals surface area contributed by atoms with Gasteiger partial charge in [0.1, 0.15) is 12.4 Å². The van der Waals surface area contributed by atoms with E-state index in [0.717, 1.165) is 25.2 Å². The zero-order valence-electron chi connectivity index (χ0n) is 18.0. The number of sulfonamides is 1. The van der Waals surface area contributed by atoms with Crippen LogP contribution in [0.3, 0.4) is 0 Å². The van der Waals surface area contributed by atoms with Gasteiger partial charge in [0.25, 0.3) is 0 Å². The van der Waals surface area contributed by atoms with Crippen LogP contribution >= 0.6 is 0 Å². The summed E-state index contributed by atoms with van der Waals surface area (Å²) >= 11 is 0. The predicted octanol–water partition coefficient (Wildman–Crippen LogP) is 2.98. The molecule has 0 saturated heterocycles. The van der Waals surface area contributed by atoms with Crippen LogP contribution in [0.1, 0.15) is 35.3 Å². The van der Waals surface area contributed by atoms with E-state index in [1.807, 2.05) is 24.3 Å². The zero-order chi connectivity index (χ0) is 22.1. The van der Waals surface area contributed by atoms with Gasteiger partial charge in [0.2, 0.25) is 10.0 Å². The number of aryl methyl sites for hydroxylation is 1. The first-order chi connectivity index (χ1) is 14.3. The minimum absolute atomic E-state index is 0.0992. The van der Waals surface area contributed by atoms with E-state index in [9.17, 15) is 13.2 Å². The van der Waals surface area contributed by atoms with E-state index in [-0.39, 0.29) is 11.4 Å². The third-order valence-corrected chi connectivity index (χ3v) is 6.43. The molecule has 0 aliphatic rings. The average molecular weight is 435 g/mol. The van der Waals surface area contributed by atoms with Crippen LogP contribution in [0, 0.1) is 6.92 Å². The van der Waals surface area contributed by atoms with Crippen molar-refractivity contribution in [3.8, 4) is 5.75 Å². The highest BCUT2D eigenvalue weighted by molar-refractivity contribution is 7.89. The van der Waals surface area contributed by atoms with Gasteiger partial charge in [-0.05, 0) is 49.8 Å². The summed E-state index contributed by atoms with van der Waals surface area (Å²) in [6.07, 6.45) is 0. The summed E-state index contributed by atoms with van der Waals surface area (Å²) < 4.78 is 38.8. The number of ether oxygens (including phenoxy) is 2. The van der Waals surface area contributed by atoms with Gasteiger partial charge in [-0.2, -0.15) is 0 Å². The molecular weight excluding hydrogens is 404 g/mol. The van der Waals surface area contributed by atoms with E-state index in [1.54, 1.807) is 6.92 Å². The number of nitrogens with zero attached hydrogens (tertiary/aromatic N) is 1. The topological polar surface area (TPSA) is 84.9 Å². The quantitative estimate of drug-likeness (QED) is 0.548. The Morgan fingerprint density at radius 3 is 2.43 bits per heavy atom. The van der Waals surface area contributed by atoms with Crippen LogP contribution in [0.5, 0.6) is 5.75 Å². The molecule has 0 unspecified atom stereocenters. The Kier molecular flexibility index (Phi) is 8.83. The van der Waals surface area contributed by atoms with Crippen molar-refractivity contribution in [2.75, 3.05) is 33.4 Å².